The van der Waals surface area contributed by atoms with Gasteiger partial charge in [-0.15, -0.1) is 11.3 Å². The molecule has 2 amide bonds. The third-order valence-corrected chi connectivity index (χ3v) is 5.66. The van der Waals surface area contributed by atoms with Crippen LogP contribution in [0.4, 0.5) is 10.5 Å². The van der Waals surface area contributed by atoms with Gasteiger partial charge in [0.25, 0.3) is 0 Å². The number of anilines is 1. The smallest absolute Gasteiger partial charge is 0.322 e. The van der Waals surface area contributed by atoms with Crippen LogP contribution < -0.4 is 10.1 Å². The van der Waals surface area contributed by atoms with Crippen molar-refractivity contribution in [1.29, 1.82) is 0 Å². The molecule has 0 bridgehead atoms. The highest BCUT2D eigenvalue weighted by Crippen LogP contribution is 2.26. The van der Waals surface area contributed by atoms with Crippen LogP contribution in [0.5, 0.6) is 5.75 Å². The molecule has 1 aromatic heterocycles. The molecule has 4 rings (SSSR count). The second-order valence-corrected chi connectivity index (χ2v) is 7.58. The van der Waals surface area contributed by atoms with Crippen molar-refractivity contribution in [3.8, 4) is 5.75 Å². The molecule has 7 heteroatoms. The van der Waals surface area contributed by atoms with E-state index in [0.29, 0.717) is 25.8 Å². The molecule has 1 unspecified atom stereocenters. The van der Waals surface area contributed by atoms with Crippen molar-refractivity contribution in [2.24, 2.45) is 0 Å². The molecule has 1 N–H and O–H groups in total. The van der Waals surface area contributed by atoms with Crippen LogP contribution in [-0.4, -0.2) is 41.7 Å². The van der Waals surface area contributed by atoms with Crippen molar-refractivity contribution in [2.75, 3.05) is 25.0 Å². The van der Waals surface area contributed by atoms with E-state index >= 15 is 0 Å². The second-order valence-electron chi connectivity index (χ2n) is 6.65. The minimum atomic E-state index is -0.142. The quantitative estimate of drug-likeness (QED) is 0.877. The van der Waals surface area contributed by atoms with Gasteiger partial charge in [0.05, 0.1) is 19.3 Å². The number of carbonyl (C=O) groups is 1. The van der Waals surface area contributed by atoms with E-state index in [9.17, 15) is 4.79 Å². The van der Waals surface area contributed by atoms with Gasteiger partial charge in [-0.25, -0.2) is 9.78 Å². The first kappa shape index (κ1) is 17.3. The second kappa shape index (κ2) is 8.05. The first-order valence-corrected chi connectivity index (χ1v) is 9.99. The van der Waals surface area contributed by atoms with Crippen molar-refractivity contribution >= 4 is 23.1 Å². The molecule has 1 aromatic carbocycles. The van der Waals surface area contributed by atoms with Crippen LogP contribution in [-0.2, 0) is 4.74 Å². The summed E-state index contributed by atoms with van der Waals surface area (Å²) in [4.78, 5) is 18.6. The number of hydrogen-bond acceptors (Lipinski definition) is 5. The molecular weight excluding hydrogens is 350 g/mol. The van der Waals surface area contributed by atoms with E-state index in [1.807, 2.05) is 29.6 Å². The van der Waals surface area contributed by atoms with Crippen LogP contribution >= 0.6 is 11.3 Å². The number of amides is 2. The van der Waals surface area contributed by atoms with Crippen LogP contribution in [0.15, 0.2) is 35.8 Å². The monoisotopic (exact) mass is 373 g/mol. The maximum atomic E-state index is 12.6. The zero-order chi connectivity index (χ0) is 17.8. The zero-order valence-electron chi connectivity index (χ0n) is 14.6. The van der Waals surface area contributed by atoms with Crippen LogP contribution in [0.25, 0.3) is 0 Å². The summed E-state index contributed by atoms with van der Waals surface area (Å²) in [5, 5.41) is 5.79. The Morgan fingerprint density at radius 3 is 2.81 bits per heavy atom. The highest BCUT2D eigenvalue weighted by Gasteiger charge is 2.27. The van der Waals surface area contributed by atoms with Gasteiger partial charge in [-0.1, -0.05) is 0 Å². The molecular formula is C19H23N3O3S. The summed E-state index contributed by atoms with van der Waals surface area (Å²) in [6, 6.07) is 7.51. The van der Waals surface area contributed by atoms with Crippen molar-refractivity contribution in [3.63, 3.8) is 0 Å². The van der Waals surface area contributed by atoms with Crippen molar-refractivity contribution in [3.05, 3.63) is 40.8 Å². The lowest BCUT2D eigenvalue weighted by molar-refractivity contribution is -0.0135. The van der Waals surface area contributed by atoms with Gasteiger partial charge in [-0.05, 0) is 49.9 Å². The highest BCUT2D eigenvalue weighted by atomic mass is 32.1. The Morgan fingerprint density at radius 1 is 1.27 bits per heavy atom. The fraction of sp³-hybridized carbons (Fsp3) is 0.474. The molecule has 2 aromatic rings. The van der Waals surface area contributed by atoms with E-state index in [0.717, 1.165) is 29.3 Å². The van der Waals surface area contributed by atoms with E-state index in [-0.39, 0.29) is 12.1 Å². The number of nitrogens with zero attached hydrogens (tertiary/aromatic N) is 2. The maximum absolute atomic E-state index is 12.6. The molecule has 1 atom stereocenters. The van der Waals surface area contributed by atoms with Crippen molar-refractivity contribution in [2.45, 2.75) is 37.9 Å². The van der Waals surface area contributed by atoms with E-state index in [4.69, 9.17) is 9.47 Å². The van der Waals surface area contributed by atoms with Crippen LogP contribution in [0.2, 0.25) is 0 Å². The number of thiazole rings is 1. The summed E-state index contributed by atoms with van der Waals surface area (Å²) in [6.07, 6.45) is 6.73. The molecule has 2 fully saturated rings. The molecule has 1 saturated heterocycles. The lowest BCUT2D eigenvalue weighted by Crippen LogP contribution is -2.44. The molecule has 26 heavy (non-hydrogen) atoms. The third kappa shape index (κ3) is 4.16. The number of urea groups is 1. The molecule has 1 saturated carbocycles. The van der Waals surface area contributed by atoms with Crippen LogP contribution in [0.3, 0.4) is 0 Å². The summed E-state index contributed by atoms with van der Waals surface area (Å²) < 4.78 is 11.7. The average molecular weight is 373 g/mol. The molecule has 138 valence electrons. The summed E-state index contributed by atoms with van der Waals surface area (Å²) in [6.45, 7) is 1.62. The average Bonchev–Trinajstić information content (AvgIpc) is 3.37. The fourth-order valence-corrected chi connectivity index (χ4v) is 4.07. The SMILES string of the molecule is O=C(Nc1ccc(OC2CCCC2)cc1)N1CCOC(c2nccs2)C1. The number of aromatic nitrogens is 1. The predicted octanol–water partition coefficient (Wildman–Crippen LogP) is 4.07. The van der Waals surface area contributed by atoms with Gasteiger partial charge in [-0.3, -0.25) is 0 Å². The largest absolute Gasteiger partial charge is 0.490 e. The first-order valence-electron chi connectivity index (χ1n) is 9.11. The molecule has 1 aliphatic carbocycles. The summed E-state index contributed by atoms with van der Waals surface area (Å²) in [5.74, 6) is 0.866. The Morgan fingerprint density at radius 2 is 2.08 bits per heavy atom. The predicted molar refractivity (Wildman–Crippen MR) is 101 cm³/mol. The van der Waals surface area contributed by atoms with Gasteiger partial charge in [-0.2, -0.15) is 0 Å². The van der Waals surface area contributed by atoms with Crippen LogP contribution in [0, 0.1) is 0 Å². The Kier molecular flexibility index (Phi) is 5.36. The minimum absolute atomic E-state index is 0.112. The number of ether oxygens (including phenoxy) is 2. The molecule has 0 spiro atoms. The first-order chi connectivity index (χ1) is 12.8. The van der Waals surface area contributed by atoms with E-state index < -0.39 is 0 Å². The number of morpholine rings is 1. The van der Waals surface area contributed by atoms with Gasteiger partial charge >= 0.3 is 6.03 Å². The van der Waals surface area contributed by atoms with E-state index in [1.54, 1.807) is 22.4 Å². The topological polar surface area (TPSA) is 63.7 Å². The maximum Gasteiger partial charge on any atom is 0.322 e. The fourth-order valence-electron chi connectivity index (χ4n) is 3.39. The number of nitrogens with one attached hydrogen (secondary N) is 1. The third-order valence-electron chi connectivity index (χ3n) is 4.79. The minimum Gasteiger partial charge on any atom is -0.490 e. The Hall–Kier alpha value is -2.12. The molecule has 1 aliphatic heterocycles. The molecule has 2 heterocycles. The summed E-state index contributed by atoms with van der Waals surface area (Å²) in [5.41, 5.74) is 0.770. The number of benzene rings is 1. The van der Waals surface area contributed by atoms with Crippen molar-refractivity contribution in [1.82, 2.24) is 9.88 Å². The van der Waals surface area contributed by atoms with Gasteiger partial charge in [0.2, 0.25) is 0 Å². The van der Waals surface area contributed by atoms with Gasteiger partial charge in [0.1, 0.15) is 16.9 Å². The van der Waals surface area contributed by atoms with Crippen molar-refractivity contribution < 1.29 is 14.3 Å². The lowest BCUT2D eigenvalue weighted by atomic mass is 10.2. The highest BCUT2D eigenvalue weighted by molar-refractivity contribution is 7.09. The Bertz CT molecular complexity index is 714. The number of carbonyl (C=O) groups excluding carboxylic acids is 1. The zero-order valence-corrected chi connectivity index (χ0v) is 15.4. The Balaban J connectivity index is 1.32. The van der Waals surface area contributed by atoms with E-state index in [2.05, 4.69) is 10.3 Å². The standard InChI is InChI=1S/C19H23N3O3S/c23-19(22-10-11-24-17(13-22)18-20-9-12-26-18)21-14-5-7-16(8-6-14)25-15-3-1-2-4-15/h5-9,12,15,17H,1-4,10-11,13H2,(H,21,23). The van der Waals surface area contributed by atoms with Gasteiger partial charge < -0.3 is 19.7 Å². The Labute approximate surface area is 157 Å². The van der Waals surface area contributed by atoms with Gasteiger partial charge in [0, 0.05) is 23.8 Å². The lowest BCUT2D eigenvalue weighted by Gasteiger charge is -2.32. The van der Waals surface area contributed by atoms with E-state index in [1.165, 1.54) is 12.8 Å². The normalized spacial score (nSPS) is 20.9. The number of hydrogen-bond donors (Lipinski definition) is 1. The summed E-state index contributed by atoms with van der Waals surface area (Å²) in [7, 11) is 0. The van der Waals surface area contributed by atoms with Crippen LogP contribution in [0.1, 0.15) is 36.8 Å². The number of rotatable bonds is 4. The van der Waals surface area contributed by atoms with Gasteiger partial charge in [0.15, 0.2) is 0 Å². The molecule has 0 radical (unpaired) electrons. The molecule has 2 aliphatic rings. The molecule has 6 nitrogen and oxygen atoms in total. The summed E-state index contributed by atoms with van der Waals surface area (Å²) >= 11 is 1.55.